The van der Waals surface area contributed by atoms with Crippen LogP contribution in [0.4, 0.5) is 42.6 Å². The van der Waals surface area contributed by atoms with Crippen molar-refractivity contribution in [3.05, 3.63) is 53.2 Å². The predicted octanol–water partition coefficient (Wildman–Crippen LogP) is 5.17. The number of anilines is 2. The topological polar surface area (TPSA) is 48.5 Å². The molecule has 5 nitrogen and oxygen atoms in total. The zero-order valence-corrected chi connectivity index (χ0v) is 16.7. The molecular weight excluding hydrogens is 426 g/mol. The second-order valence-corrected chi connectivity index (χ2v) is 7.32. The van der Waals surface area contributed by atoms with Gasteiger partial charge in [0.15, 0.2) is 0 Å². The Morgan fingerprint density at radius 1 is 1.06 bits per heavy atom. The number of benzene rings is 1. The largest absolute Gasteiger partial charge is 0.419 e. The fourth-order valence-electron chi connectivity index (χ4n) is 3.52. The van der Waals surface area contributed by atoms with Gasteiger partial charge >= 0.3 is 18.4 Å². The SMILES string of the molecule is Cc1ccc(NC(=O)N2CCN(c3ncccc3C(F)(F)F)C[C@H]2C)cc1C(F)(F)F. The molecule has 1 fully saturated rings. The first kappa shape index (κ1) is 22.7. The van der Waals surface area contributed by atoms with E-state index in [-0.39, 0.29) is 36.7 Å². The number of aryl methyl sites for hydroxylation is 1. The summed E-state index contributed by atoms with van der Waals surface area (Å²) in [7, 11) is 0. The van der Waals surface area contributed by atoms with Crippen LogP contribution in [0.15, 0.2) is 36.5 Å². The van der Waals surface area contributed by atoms with Crippen LogP contribution in [0.2, 0.25) is 0 Å². The lowest BCUT2D eigenvalue weighted by molar-refractivity contribution is -0.138. The lowest BCUT2D eigenvalue weighted by atomic mass is 10.1. The maximum absolute atomic E-state index is 13.3. The number of alkyl halides is 6. The molecule has 168 valence electrons. The highest BCUT2D eigenvalue weighted by molar-refractivity contribution is 5.90. The van der Waals surface area contributed by atoms with Gasteiger partial charge in [-0.3, -0.25) is 0 Å². The average Bonchev–Trinajstić information content (AvgIpc) is 2.67. The fraction of sp³-hybridized carbons (Fsp3) is 0.400. The van der Waals surface area contributed by atoms with E-state index in [0.717, 1.165) is 12.1 Å². The number of aromatic nitrogens is 1. The zero-order valence-electron chi connectivity index (χ0n) is 16.7. The van der Waals surface area contributed by atoms with Gasteiger partial charge < -0.3 is 15.1 Å². The van der Waals surface area contributed by atoms with Gasteiger partial charge in [-0.1, -0.05) is 6.07 Å². The normalized spacial score (nSPS) is 17.6. The third-order valence-corrected chi connectivity index (χ3v) is 5.07. The molecule has 1 atom stereocenters. The molecule has 2 amide bonds. The third kappa shape index (κ3) is 5.02. The van der Waals surface area contributed by atoms with E-state index < -0.39 is 35.6 Å². The number of carbonyl (C=O) groups excluding carboxylic acids is 1. The molecule has 1 N–H and O–H groups in total. The number of piperazine rings is 1. The van der Waals surface area contributed by atoms with E-state index in [9.17, 15) is 31.1 Å². The van der Waals surface area contributed by atoms with Gasteiger partial charge in [-0.05, 0) is 43.7 Å². The number of rotatable bonds is 2. The lowest BCUT2D eigenvalue weighted by Gasteiger charge is -2.40. The predicted molar refractivity (Wildman–Crippen MR) is 103 cm³/mol. The second-order valence-electron chi connectivity index (χ2n) is 7.32. The summed E-state index contributed by atoms with van der Waals surface area (Å²) in [4.78, 5) is 19.3. The Morgan fingerprint density at radius 2 is 1.74 bits per heavy atom. The molecule has 31 heavy (non-hydrogen) atoms. The van der Waals surface area contributed by atoms with Crippen LogP contribution in [0.25, 0.3) is 0 Å². The molecule has 2 aromatic rings. The summed E-state index contributed by atoms with van der Waals surface area (Å²) in [5.41, 5.74) is -1.69. The molecule has 0 spiro atoms. The van der Waals surface area contributed by atoms with Crippen LogP contribution >= 0.6 is 0 Å². The number of nitrogens with zero attached hydrogens (tertiary/aromatic N) is 3. The Kier molecular flexibility index (Phi) is 6.06. The Bertz CT molecular complexity index is 959. The van der Waals surface area contributed by atoms with Crippen molar-refractivity contribution in [3.63, 3.8) is 0 Å². The molecule has 3 rings (SSSR count). The van der Waals surface area contributed by atoms with E-state index in [4.69, 9.17) is 0 Å². The number of urea groups is 1. The number of hydrogen-bond acceptors (Lipinski definition) is 3. The van der Waals surface area contributed by atoms with Gasteiger partial charge in [-0.15, -0.1) is 0 Å². The van der Waals surface area contributed by atoms with Gasteiger partial charge in [0.25, 0.3) is 0 Å². The van der Waals surface area contributed by atoms with E-state index in [1.165, 1.54) is 41.1 Å². The quantitative estimate of drug-likeness (QED) is 0.648. The Hall–Kier alpha value is -2.98. The molecule has 1 aromatic carbocycles. The van der Waals surface area contributed by atoms with Crippen LogP contribution in [0, 0.1) is 6.92 Å². The first-order valence-corrected chi connectivity index (χ1v) is 9.40. The molecule has 0 aliphatic carbocycles. The van der Waals surface area contributed by atoms with Gasteiger partial charge in [-0.2, -0.15) is 26.3 Å². The summed E-state index contributed by atoms with van der Waals surface area (Å²) in [6, 6.07) is 4.52. The Balaban J connectivity index is 1.72. The smallest absolute Gasteiger partial charge is 0.352 e. The summed E-state index contributed by atoms with van der Waals surface area (Å²) in [6.07, 6.45) is -7.85. The second kappa shape index (κ2) is 8.27. The molecule has 0 saturated carbocycles. The number of hydrogen-bond donors (Lipinski definition) is 1. The van der Waals surface area contributed by atoms with Crippen molar-refractivity contribution in [2.75, 3.05) is 29.9 Å². The summed E-state index contributed by atoms with van der Waals surface area (Å²) in [5, 5.41) is 2.44. The summed E-state index contributed by atoms with van der Waals surface area (Å²) in [6.45, 7) is 3.24. The van der Waals surface area contributed by atoms with E-state index in [0.29, 0.717) is 0 Å². The van der Waals surface area contributed by atoms with Crippen LogP contribution in [0.1, 0.15) is 23.6 Å². The lowest BCUT2D eigenvalue weighted by Crippen LogP contribution is -2.55. The maximum atomic E-state index is 13.3. The Labute approximate surface area is 174 Å². The number of nitrogens with one attached hydrogen (secondary N) is 1. The monoisotopic (exact) mass is 446 g/mol. The molecular formula is C20H20F6N4O. The summed E-state index contributed by atoms with van der Waals surface area (Å²) >= 11 is 0. The molecule has 1 saturated heterocycles. The Morgan fingerprint density at radius 3 is 2.35 bits per heavy atom. The van der Waals surface area contributed by atoms with Gasteiger partial charge in [0, 0.05) is 37.6 Å². The minimum atomic E-state index is -4.57. The van der Waals surface area contributed by atoms with Crippen LogP contribution in [0.3, 0.4) is 0 Å². The fourth-order valence-corrected chi connectivity index (χ4v) is 3.52. The number of amides is 2. The van der Waals surface area contributed by atoms with Crippen molar-refractivity contribution in [1.82, 2.24) is 9.88 Å². The highest BCUT2D eigenvalue weighted by Crippen LogP contribution is 2.36. The van der Waals surface area contributed by atoms with E-state index in [1.54, 1.807) is 6.92 Å². The highest BCUT2D eigenvalue weighted by Gasteiger charge is 2.38. The standard InChI is InChI=1S/C20H20F6N4O/c1-12-5-6-14(10-16(12)20(24,25)26)28-18(31)30-9-8-29(11-13(30)2)17-15(19(21,22)23)4-3-7-27-17/h3-7,10,13H,8-9,11H2,1-2H3,(H,28,31)/t13-/m1/s1. The third-order valence-electron chi connectivity index (χ3n) is 5.07. The van der Waals surface area contributed by atoms with Crippen molar-refractivity contribution in [2.45, 2.75) is 32.2 Å². The minimum absolute atomic E-state index is 0.0124. The van der Waals surface area contributed by atoms with Gasteiger partial charge in [-0.25, -0.2) is 9.78 Å². The van der Waals surface area contributed by atoms with Crippen LogP contribution in [-0.4, -0.2) is 41.6 Å². The van der Waals surface area contributed by atoms with Gasteiger partial charge in [0.2, 0.25) is 0 Å². The average molecular weight is 446 g/mol. The van der Waals surface area contributed by atoms with Crippen molar-refractivity contribution < 1.29 is 31.1 Å². The molecule has 1 aliphatic heterocycles. The zero-order chi connectivity index (χ0) is 23.0. The summed E-state index contributed by atoms with van der Waals surface area (Å²) < 4.78 is 79.1. The minimum Gasteiger partial charge on any atom is -0.352 e. The number of halogens is 6. The molecule has 1 aromatic heterocycles. The van der Waals surface area contributed by atoms with Crippen molar-refractivity contribution in [3.8, 4) is 0 Å². The molecule has 0 radical (unpaired) electrons. The van der Waals surface area contributed by atoms with Crippen molar-refractivity contribution in [1.29, 1.82) is 0 Å². The molecule has 0 bridgehead atoms. The van der Waals surface area contributed by atoms with Crippen LogP contribution in [-0.2, 0) is 12.4 Å². The van der Waals surface area contributed by atoms with E-state index in [1.807, 2.05) is 0 Å². The molecule has 1 aliphatic rings. The van der Waals surface area contributed by atoms with Crippen LogP contribution < -0.4 is 10.2 Å². The van der Waals surface area contributed by atoms with Crippen molar-refractivity contribution in [2.24, 2.45) is 0 Å². The van der Waals surface area contributed by atoms with Gasteiger partial charge in [0.1, 0.15) is 5.82 Å². The van der Waals surface area contributed by atoms with E-state index >= 15 is 0 Å². The van der Waals surface area contributed by atoms with Crippen LogP contribution in [0.5, 0.6) is 0 Å². The summed E-state index contributed by atoms with van der Waals surface area (Å²) in [5.74, 6) is -0.213. The first-order chi connectivity index (χ1) is 14.4. The van der Waals surface area contributed by atoms with Crippen molar-refractivity contribution >= 4 is 17.5 Å². The number of pyridine rings is 1. The van der Waals surface area contributed by atoms with E-state index in [2.05, 4.69) is 10.3 Å². The molecule has 0 unspecified atom stereocenters. The number of carbonyl (C=O) groups is 1. The van der Waals surface area contributed by atoms with Gasteiger partial charge in [0.05, 0.1) is 11.1 Å². The molecule has 11 heteroatoms. The highest BCUT2D eigenvalue weighted by atomic mass is 19.4. The maximum Gasteiger partial charge on any atom is 0.419 e. The molecule has 2 heterocycles. The first-order valence-electron chi connectivity index (χ1n) is 9.40.